The first kappa shape index (κ1) is 16.2. The Morgan fingerprint density at radius 2 is 2.00 bits per heavy atom. The molecule has 0 aliphatic carbocycles. The van der Waals surface area contributed by atoms with Crippen molar-refractivity contribution in [2.24, 2.45) is 5.73 Å². The summed E-state index contributed by atoms with van der Waals surface area (Å²) in [4.78, 5) is 24.6. The zero-order valence-corrected chi connectivity index (χ0v) is 11.5. The molecule has 0 aromatic heterocycles. The van der Waals surface area contributed by atoms with Gasteiger partial charge in [-0.15, -0.1) is 12.4 Å². The van der Waals surface area contributed by atoms with Gasteiger partial charge in [-0.2, -0.15) is 0 Å². The minimum atomic E-state index is -0.835. The average Bonchev–Trinajstić information content (AvgIpc) is 2.14. The van der Waals surface area contributed by atoms with Gasteiger partial charge in [0, 0.05) is 26.1 Å². The number of hydrogen-bond acceptors (Lipinski definition) is 3. The summed E-state index contributed by atoms with van der Waals surface area (Å²) in [5.74, 6) is -0.103. The number of likely N-dealkylation sites (tertiary alicyclic amines) is 1. The summed E-state index contributed by atoms with van der Waals surface area (Å²) in [6, 6.07) is 0.0672. The molecule has 0 aromatic rings. The molecule has 1 aliphatic heterocycles. The Morgan fingerprint density at radius 3 is 2.47 bits per heavy atom. The maximum atomic E-state index is 11.9. The van der Waals surface area contributed by atoms with Crippen LogP contribution in [0, 0.1) is 0 Å². The van der Waals surface area contributed by atoms with Crippen LogP contribution in [0.25, 0.3) is 0 Å². The minimum absolute atomic E-state index is 0. The summed E-state index contributed by atoms with van der Waals surface area (Å²) >= 11 is 0. The number of carbonyl (C=O) groups is 2. The van der Waals surface area contributed by atoms with Gasteiger partial charge in [0.1, 0.15) is 0 Å². The van der Waals surface area contributed by atoms with Gasteiger partial charge >= 0.3 is 0 Å². The molecular weight excluding hydrogens is 242 g/mol. The zero-order valence-electron chi connectivity index (χ0n) is 10.7. The fourth-order valence-electron chi connectivity index (χ4n) is 1.97. The number of hydrogen-bond donors (Lipinski definition) is 2. The van der Waals surface area contributed by atoms with Crippen molar-refractivity contribution in [3.8, 4) is 0 Å². The van der Waals surface area contributed by atoms with Crippen LogP contribution in [0.4, 0.5) is 0 Å². The third-order valence-electron chi connectivity index (χ3n) is 2.67. The highest BCUT2D eigenvalue weighted by molar-refractivity contribution is 5.85. The van der Waals surface area contributed by atoms with E-state index in [9.17, 15) is 9.59 Å². The topological polar surface area (TPSA) is 75.4 Å². The van der Waals surface area contributed by atoms with Gasteiger partial charge in [0.15, 0.2) is 0 Å². The van der Waals surface area contributed by atoms with Crippen molar-refractivity contribution in [2.45, 2.75) is 45.2 Å². The molecule has 1 heterocycles. The molecule has 1 aliphatic rings. The third kappa shape index (κ3) is 4.91. The van der Waals surface area contributed by atoms with Crippen LogP contribution in [0.15, 0.2) is 0 Å². The Labute approximate surface area is 109 Å². The molecule has 1 saturated heterocycles. The van der Waals surface area contributed by atoms with Crippen molar-refractivity contribution < 1.29 is 9.59 Å². The number of nitrogens with zero attached hydrogens (tertiary/aromatic N) is 1. The normalized spacial score (nSPS) is 20.5. The van der Waals surface area contributed by atoms with E-state index in [0.717, 1.165) is 19.4 Å². The minimum Gasteiger partial charge on any atom is -0.352 e. The molecule has 1 fully saturated rings. The van der Waals surface area contributed by atoms with E-state index in [-0.39, 0.29) is 30.3 Å². The number of rotatable bonds is 2. The second kappa shape index (κ2) is 6.21. The molecular formula is C11H22ClN3O2. The molecule has 0 saturated carbocycles. The van der Waals surface area contributed by atoms with E-state index >= 15 is 0 Å². The second-order valence-corrected chi connectivity index (χ2v) is 5.01. The van der Waals surface area contributed by atoms with Gasteiger partial charge in [-0.1, -0.05) is 0 Å². The number of nitrogens with two attached hydrogens (primary N) is 1. The molecule has 0 radical (unpaired) electrons. The van der Waals surface area contributed by atoms with Gasteiger partial charge in [0.05, 0.1) is 5.54 Å². The van der Waals surface area contributed by atoms with Gasteiger partial charge < -0.3 is 16.0 Å². The monoisotopic (exact) mass is 263 g/mol. The van der Waals surface area contributed by atoms with Gasteiger partial charge in [0.25, 0.3) is 0 Å². The van der Waals surface area contributed by atoms with E-state index in [1.807, 2.05) is 0 Å². The zero-order chi connectivity index (χ0) is 12.3. The van der Waals surface area contributed by atoms with E-state index in [2.05, 4.69) is 5.32 Å². The third-order valence-corrected chi connectivity index (χ3v) is 2.67. The maximum Gasteiger partial charge on any atom is 0.242 e. The van der Waals surface area contributed by atoms with Crippen LogP contribution in [-0.2, 0) is 9.59 Å². The Hall–Kier alpha value is -0.810. The summed E-state index contributed by atoms with van der Waals surface area (Å²) in [6.07, 6.45) is 1.83. The Morgan fingerprint density at radius 1 is 1.41 bits per heavy atom. The predicted molar refractivity (Wildman–Crippen MR) is 68.9 cm³/mol. The maximum absolute atomic E-state index is 11.9. The summed E-state index contributed by atoms with van der Waals surface area (Å²) in [5, 5.41) is 2.84. The fraction of sp³-hybridized carbons (Fsp3) is 0.818. The Bertz CT molecular complexity index is 289. The Kier molecular flexibility index (Phi) is 5.92. The molecule has 17 heavy (non-hydrogen) atoms. The number of amides is 2. The van der Waals surface area contributed by atoms with Crippen molar-refractivity contribution >= 4 is 24.2 Å². The standard InChI is InChI=1S/C11H21N3O2.ClH/c1-8(15)13-9-5-4-6-14(7-9)10(16)11(2,3)12;/h9H,4-7,12H2,1-3H3,(H,13,15);1H. The fourth-order valence-corrected chi connectivity index (χ4v) is 1.97. The van der Waals surface area contributed by atoms with Crippen LogP contribution in [0.2, 0.25) is 0 Å². The average molecular weight is 264 g/mol. The summed E-state index contributed by atoms with van der Waals surface area (Å²) < 4.78 is 0. The number of piperidine rings is 1. The predicted octanol–water partition coefficient (Wildman–Crippen LogP) is 0.273. The lowest BCUT2D eigenvalue weighted by molar-refractivity contribution is -0.137. The lowest BCUT2D eigenvalue weighted by atomic mass is 10.0. The largest absolute Gasteiger partial charge is 0.352 e. The molecule has 3 N–H and O–H groups in total. The SMILES string of the molecule is CC(=O)NC1CCCN(C(=O)C(C)(C)N)C1.Cl. The first-order valence-corrected chi connectivity index (χ1v) is 5.66. The van der Waals surface area contributed by atoms with Crippen molar-refractivity contribution in [3.63, 3.8) is 0 Å². The molecule has 100 valence electrons. The number of nitrogens with one attached hydrogen (secondary N) is 1. The molecule has 5 nitrogen and oxygen atoms in total. The molecule has 0 spiro atoms. The highest BCUT2D eigenvalue weighted by Crippen LogP contribution is 2.14. The van der Waals surface area contributed by atoms with Crippen molar-refractivity contribution in [1.82, 2.24) is 10.2 Å². The van der Waals surface area contributed by atoms with Crippen molar-refractivity contribution in [3.05, 3.63) is 0 Å². The summed E-state index contributed by atoms with van der Waals surface area (Å²) in [6.45, 7) is 6.21. The van der Waals surface area contributed by atoms with Crippen LogP contribution in [0.3, 0.4) is 0 Å². The van der Waals surface area contributed by atoms with Crippen LogP contribution in [0.1, 0.15) is 33.6 Å². The molecule has 0 bridgehead atoms. The first-order chi connectivity index (χ1) is 7.30. The van der Waals surface area contributed by atoms with Crippen molar-refractivity contribution in [2.75, 3.05) is 13.1 Å². The smallest absolute Gasteiger partial charge is 0.242 e. The highest BCUT2D eigenvalue weighted by atomic mass is 35.5. The molecule has 1 atom stereocenters. The van der Waals surface area contributed by atoms with Crippen LogP contribution in [-0.4, -0.2) is 41.4 Å². The summed E-state index contributed by atoms with van der Waals surface area (Å²) in [5.41, 5.74) is 4.94. The van der Waals surface area contributed by atoms with Gasteiger partial charge in [-0.05, 0) is 26.7 Å². The van der Waals surface area contributed by atoms with Crippen molar-refractivity contribution in [1.29, 1.82) is 0 Å². The van der Waals surface area contributed by atoms with E-state index < -0.39 is 5.54 Å². The lowest BCUT2D eigenvalue weighted by Gasteiger charge is -2.36. The molecule has 2 amide bonds. The summed E-state index contributed by atoms with van der Waals surface area (Å²) in [7, 11) is 0. The molecule has 0 aromatic carbocycles. The first-order valence-electron chi connectivity index (χ1n) is 5.66. The van der Waals surface area contributed by atoms with Gasteiger partial charge in [-0.25, -0.2) is 0 Å². The van der Waals surface area contributed by atoms with E-state index in [1.165, 1.54) is 6.92 Å². The number of carbonyl (C=O) groups excluding carboxylic acids is 2. The van der Waals surface area contributed by atoms with Crippen LogP contribution < -0.4 is 11.1 Å². The highest BCUT2D eigenvalue weighted by Gasteiger charge is 2.31. The molecule has 1 unspecified atom stereocenters. The second-order valence-electron chi connectivity index (χ2n) is 5.01. The van der Waals surface area contributed by atoms with Gasteiger partial charge in [-0.3, -0.25) is 9.59 Å². The number of halogens is 1. The van der Waals surface area contributed by atoms with Crippen LogP contribution in [0.5, 0.6) is 0 Å². The van der Waals surface area contributed by atoms with Gasteiger partial charge in [0.2, 0.25) is 11.8 Å². The van der Waals surface area contributed by atoms with E-state index in [4.69, 9.17) is 5.73 Å². The van der Waals surface area contributed by atoms with E-state index in [1.54, 1.807) is 18.7 Å². The Balaban J connectivity index is 0.00000256. The molecule has 1 rings (SSSR count). The lowest BCUT2D eigenvalue weighted by Crippen LogP contribution is -2.56. The van der Waals surface area contributed by atoms with E-state index in [0.29, 0.717) is 6.54 Å². The molecule has 6 heteroatoms. The van der Waals surface area contributed by atoms with Crippen LogP contribution >= 0.6 is 12.4 Å². The quantitative estimate of drug-likeness (QED) is 0.751.